The fraction of sp³-hybridized carbons (Fsp3) is 0.385. The van der Waals surface area contributed by atoms with Gasteiger partial charge >= 0.3 is 0 Å². The molecule has 8 nitrogen and oxygen atoms in total. The van der Waals surface area contributed by atoms with E-state index in [1.807, 2.05) is 0 Å². The largest absolute Gasteiger partial charge is 0.391 e. The molecule has 1 unspecified atom stereocenters. The lowest BCUT2D eigenvalue weighted by atomic mass is 10.2. The van der Waals surface area contributed by atoms with Crippen molar-refractivity contribution in [1.29, 1.82) is 0 Å². The van der Waals surface area contributed by atoms with E-state index in [2.05, 4.69) is 20.8 Å². The first kappa shape index (κ1) is 15.1. The monoisotopic (exact) mass is 291 g/mol. The number of rotatable bonds is 7. The normalized spacial score (nSPS) is 12.1. The number of tetrazole rings is 1. The van der Waals surface area contributed by atoms with Gasteiger partial charge in [0, 0.05) is 19.2 Å². The molecule has 0 saturated carbocycles. The molecule has 8 heteroatoms. The Morgan fingerprint density at radius 2 is 2.19 bits per heavy atom. The Balaban J connectivity index is 1.85. The summed E-state index contributed by atoms with van der Waals surface area (Å²) in [5.74, 6) is -0.192. The molecule has 0 aliphatic carbocycles. The highest BCUT2D eigenvalue weighted by atomic mass is 16.5. The number of amides is 1. The Labute approximate surface area is 121 Å². The third kappa shape index (κ3) is 4.33. The minimum absolute atomic E-state index is 0.192. The average Bonchev–Trinajstić information content (AvgIpc) is 3.02. The summed E-state index contributed by atoms with van der Waals surface area (Å²) < 4.78 is 6.32. The van der Waals surface area contributed by atoms with Gasteiger partial charge in [0.1, 0.15) is 6.33 Å². The second-order valence-corrected chi connectivity index (χ2v) is 4.46. The highest BCUT2D eigenvalue weighted by Gasteiger charge is 2.08. The van der Waals surface area contributed by atoms with Gasteiger partial charge in [-0.15, -0.1) is 5.10 Å². The Morgan fingerprint density at radius 1 is 1.43 bits per heavy atom. The Morgan fingerprint density at radius 3 is 2.81 bits per heavy atom. The van der Waals surface area contributed by atoms with Crippen LogP contribution in [-0.4, -0.2) is 57.6 Å². The van der Waals surface area contributed by atoms with Gasteiger partial charge in [-0.05, 0) is 41.1 Å². The maximum absolute atomic E-state index is 11.9. The number of ether oxygens (including phenoxy) is 1. The van der Waals surface area contributed by atoms with Gasteiger partial charge in [-0.3, -0.25) is 4.79 Å². The Hall–Kier alpha value is -2.32. The molecule has 1 amide bonds. The zero-order valence-electron chi connectivity index (χ0n) is 11.6. The fourth-order valence-corrected chi connectivity index (χ4v) is 1.78. The molecule has 21 heavy (non-hydrogen) atoms. The number of hydrogen-bond donors (Lipinski definition) is 2. The lowest BCUT2D eigenvalue weighted by molar-refractivity contribution is 0.0587. The van der Waals surface area contributed by atoms with Crippen molar-refractivity contribution in [1.82, 2.24) is 25.5 Å². The Bertz CT molecular complexity index is 556. The minimum Gasteiger partial charge on any atom is -0.391 e. The summed E-state index contributed by atoms with van der Waals surface area (Å²) >= 11 is 0. The molecule has 0 saturated heterocycles. The number of aromatic nitrogens is 4. The molecule has 1 aromatic carbocycles. The maximum Gasteiger partial charge on any atom is 0.251 e. The van der Waals surface area contributed by atoms with Crippen LogP contribution in [0.15, 0.2) is 30.6 Å². The minimum atomic E-state index is -0.572. The van der Waals surface area contributed by atoms with Crippen molar-refractivity contribution in [2.45, 2.75) is 12.5 Å². The number of nitrogens with one attached hydrogen (secondary N) is 1. The third-order valence-corrected chi connectivity index (χ3v) is 2.87. The second kappa shape index (κ2) is 7.46. The van der Waals surface area contributed by atoms with Gasteiger partial charge in [0.15, 0.2) is 0 Å². The molecule has 0 aliphatic heterocycles. The van der Waals surface area contributed by atoms with E-state index in [0.29, 0.717) is 18.5 Å². The van der Waals surface area contributed by atoms with E-state index in [9.17, 15) is 9.90 Å². The predicted octanol–water partition coefficient (Wildman–Crippen LogP) is -0.211. The maximum atomic E-state index is 11.9. The number of aliphatic hydroxyl groups excluding tert-OH is 1. The van der Waals surface area contributed by atoms with Crippen LogP contribution in [0.3, 0.4) is 0 Å². The van der Waals surface area contributed by atoms with Gasteiger partial charge in [-0.1, -0.05) is 0 Å². The van der Waals surface area contributed by atoms with Gasteiger partial charge in [-0.25, -0.2) is 4.68 Å². The second-order valence-electron chi connectivity index (χ2n) is 4.46. The van der Waals surface area contributed by atoms with Crippen molar-refractivity contribution in [3.05, 3.63) is 36.2 Å². The van der Waals surface area contributed by atoms with Crippen molar-refractivity contribution >= 4 is 5.91 Å². The van der Waals surface area contributed by atoms with Crippen LogP contribution in [0.1, 0.15) is 16.8 Å². The molecular weight excluding hydrogens is 274 g/mol. The number of benzene rings is 1. The van der Waals surface area contributed by atoms with Crippen LogP contribution in [0.25, 0.3) is 5.69 Å². The number of carbonyl (C=O) groups is 1. The van der Waals surface area contributed by atoms with Crippen LogP contribution in [-0.2, 0) is 4.74 Å². The number of hydrogen-bond acceptors (Lipinski definition) is 6. The molecule has 0 radical (unpaired) electrons. The molecule has 2 aromatic rings. The van der Waals surface area contributed by atoms with Crippen LogP contribution < -0.4 is 5.32 Å². The molecule has 0 bridgehead atoms. The van der Waals surface area contributed by atoms with Crippen LogP contribution in [0.4, 0.5) is 0 Å². The Kier molecular flexibility index (Phi) is 5.35. The third-order valence-electron chi connectivity index (χ3n) is 2.87. The van der Waals surface area contributed by atoms with E-state index in [-0.39, 0.29) is 12.5 Å². The molecular formula is C13H17N5O3. The van der Waals surface area contributed by atoms with Crippen LogP contribution in [0.5, 0.6) is 0 Å². The first-order chi connectivity index (χ1) is 10.2. The van der Waals surface area contributed by atoms with Gasteiger partial charge in [0.05, 0.1) is 18.4 Å². The lowest BCUT2D eigenvalue weighted by Gasteiger charge is -2.10. The van der Waals surface area contributed by atoms with E-state index < -0.39 is 6.10 Å². The zero-order chi connectivity index (χ0) is 15.1. The number of nitrogens with zero attached hydrogens (tertiary/aromatic N) is 4. The number of methoxy groups -OCH3 is 1. The first-order valence-electron chi connectivity index (χ1n) is 6.49. The average molecular weight is 291 g/mol. The quantitative estimate of drug-likeness (QED) is 0.732. The van der Waals surface area contributed by atoms with Crippen molar-refractivity contribution in [2.24, 2.45) is 0 Å². The SMILES string of the molecule is COCC(O)CCNC(=O)c1ccc(-n2cnnn2)cc1. The molecule has 2 rings (SSSR count). The highest BCUT2D eigenvalue weighted by molar-refractivity contribution is 5.94. The fourth-order valence-electron chi connectivity index (χ4n) is 1.78. The van der Waals surface area contributed by atoms with Crippen molar-refractivity contribution in [3.63, 3.8) is 0 Å². The summed E-state index contributed by atoms with van der Waals surface area (Å²) in [4.78, 5) is 11.9. The van der Waals surface area contributed by atoms with Gasteiger partial charge in [0.25, 0.3) is 5.91 Å². The molecule has 1 aromatic heterocycles. The predicted molar refractivity (Wildman–Crippen MR) is 74.0 cm³/mol. The van der Waals surface area contributed by atoms with Gasteiger partial charge in [-0.2, -0.15) is 0 Å². The molecule has 0 spiro atoms. The standard InChI is InChI=1S/C13H17N5O3/c1-21-8-12(19)6-7-14-13(20)10-2-4-11(5-3-10)18-9-15-16-17-18/h2-5,9,12,19H,6-8H2,1H3,(H,14,20). The smallest absolute Gasteiger partial charge is 0.251 e. The molecule has 1 heterocycles. The van der Waals surface area contributed by atoms with Gasteiger partial charge in [0.2, 0.25) is 0 Å². The highest BCUT2D eigenvalue weighted by Crippen LogP contribution is 2.07. The van der Waals surface area contributed by atoms with Crippen molar-refractivity contribution < 1.29 is 14.6 Å². The number of carbonyl (C=O) groups excluding carboxylic acids is 1. The summed E-state index contributed by atoms with van der Waals surface area (Å²) in [5.41, 5.74) is 1.31. The van der Waals surface area contributed by atoms with E-state index in [1.165, 1.54) is 18.1 Å². The van der Waals surface area contributed by atoms with Crippen molar-refractivity contribution in [2.75, 3.05) is 20.3 Å². The summed E-state index contributed by atoms with van der Waals surface area (Å²) in [6.07, 6.45) is 1.35. The van der Waals surface area contributed by atoms with Crippen molar-refractivity contribution in [3.8, 4) is 5.69 Å². The number of aliphatic hydroxyl groups is 1. The van der Waals surface area contributed by atoms with Crippen LogP contribution in [0, 0.1) is 0 Å². The van der Waals surface area contributed by atoms with Gasteiger partial charge < -0.3 is 15.2 Å². The van der Waals surface area contributed by atoms with Crippen LogP contribution in [0.2, 0.25) is 0 Å². The summed E-state index contributed by atoms with van der Waals surface area (Å²) in [6.45, 7) is 0.647. The molecule has 112 valence electrons. The van der Waals surface area contributed by atoms with E-state index in [4.69, 9.17) is 4.74 Å². The molecule has 1 atom stereocenters. The lowest BCUT2D eigenvalue weighted by Crippen LogP contribution is -2.28. The summed E-state index contributed by atoms with van der Waals surface area (Å²) in [5, 5.41) is 23.1. The first-order valence-corrected chi connectivity index (χ1v) is 6.49. The molecule has 0 aliphatic rings. The summed E-state index contributed by atoms with van der Waals surface area (Å²) in [6, 6.07) is 6.89. The van der Waals surface area contributed by atoms with E-state index >= 15 is 0 Å². The summed E-state index contributed by atoms with van der Waals surface area (Å²) in [7, 11) is 1.52. The zero-order valence-corrected chi connectivity index (χ0v) is 11.6. The molecule has 2 N–H and O–H groups in total. The van der Waals surface area contributed by atoms with E-state index in [0.717, 1.165) is 5.69 Å². The topological polar surface area (TPSA) is 102 Å². The van der Waals surface area contributed by atoms with E-state index in [1.54, 1.807) is 24.3 Å². The van der Waals surface area contributed by atoms with Crippen LogP contribution >= 0.6 is 0 Å². The molecule has 0 fully saturated rings.